The van der Waals surface area contributed by atoms with Crippen LogP contribution in [0.2, 0.25) is 0 Å². The largest absolute Gasteiger partial charge is 0.352 e. The number of amides is 2. The van der Waals surface area contributed by atoms with E-state index in [-0.39, 0.29) is 23.4 Å². The van der Waals surface area contributed by atoms with Crippen LogP contribution in [0.1, 0.15) is 55.9 Å². The van der Waals surface area contributed by atoms with Crippen molar-refractivity contribution in [2.45, 2.75) is 77.9 Å². The average molecular weight is 564 g/mol. The van der Waals surface area contributed by atoms with Crippen molar-refractivity contribution in [1.29, 1.82) is 0 Å². The van der Waals surface area contributed by atoms with E-state index in [0.717, 1.165) is 28.7 Å². The van der Waals surface area contributed by atoms with Crippen LogP contribution in [0, 0.1) is 20.8 Å². The van der Waals surface area contributed by atoms with Gasteiger partial charge in [-0.3, -0.25) is 13.9 Å². The molecule has 0 spiro atoms. The minimum absolute atomic E-state index is 0.0527. The number of rotatable bonds is 12. The molecular formula is C32H41N3O4S. The van der Waals surface area contributed by atoms with E-state index in [2.05, 4.69) is 5.32 Å². The number of sulfonamides is 1. The van der Waals surface area contributed by atoms with Gasteiger partial charge >= 0.3 is 0 Å². The lowest BCUT2D eigenvalue weighted by Crippen LogP contribution is -2.53. The Morgan fingerprint density at radius 2 is 1.48 bits per heavy atom. The first-order chi connectivity index (χ1) is 19.0. The van der Waals surface area contributed by atoms with Crippen LogP contribution < -0.4 is 9.62 Å². The quantitative estimate of drug-likeness (QED) is 0.314. The summed E-state index contributed by atoms with van der Waals surface area (Å²) in [6, 6.07) is 20.5. The fraction of sp³-hybridized carbons (Fsp3) is 0.375. The zero-order chi connectivity index (χ0) is 29.4. The number of carbonyl (C=O) groups is 2. The highest BCUT2D eigenvalue weighted by Gasteiger charge is 2.34. The Morgan fingerprint density at radius 3 is 2.05 bits per heavy atom. The van der Waals surface area contributed by atoms with Crippen molar-refractivity contribution in [3.8, 4) is 0 Å². The van der Waals surface area contributed by atoms with Crippen molar-refractivity contribution in [3.05, 3.63) is 95.1 Å². The van der Waals surface area contributed by atoms with Crippen LogP contribution in [-0.2, 0) is 26.2 Å². The number of carbonyl (C=O) groups excluding carboxylic acids is 2. The molecule has 0 saturated heterocycles. The number of nitrogens with zero attached hydrogens (tertiary/aromatic N) is 2. The lowest BCUT2D eigenvalue weighted by atomic mass is 10.1. The Hall–Kier alpha value is -3.65. The Morgan fingerprint density at radius 1 is 0.850 bits per heavy atom. The minimum atomic E-state index is -4.09. The van der Waals surface area contributed by atoms with Crippen LogP contribution in [0.15, 0.2) is 77.7 Å². The molecule has 0 saturated carbocycles. The summed E-state index contributed by atoms with van der Waals surface area (Å²) < 4.78 is 29.1. The molecule has 2 atom stereocenters. The van der Waals surface area contributed by atoms with Crippen LogP contribution in [0.5, 0.6) is 0 Å². The Bertz CT molecular complexity index is 1410. The smallest absolute Gasteiger partial charge is 0.264 e. The molecule has 7 nitrogen and oxygen atoms in total. The molecule has 0 radical (unpaired) electrons. The number of nitrogens with one attached hydrogen (secondary N) is 1. The zero-order valence-electron chi connectivity index (χ0n) is 24.3. The van der Waals surface area contributed by atoms with Gasteiger partial charge in [0, 0.05) is 12.6 Å². The number of hydrogen-bond acceptors (Lipinski definition) is 4. The monoisotopic (exact) mass is 563 g/mol. The standard InChI is InChI=1S/C32H41N3O4S/c1-7-26(6)33-32(37)29(8-2)34(21-27-17-14-23(3)15-18-27)31(36)22-35(30-19-16-24(4)20-25(30)5)40(38,39)28-12-10-9-11-13-28/h9-20,26,29H,7-8,21-22H2,1-6H3,(H,33,37). The predicted molar refractivity (Wildman–Crippen MR) is 161 cm³/mol. The van der Waals surface area contributed by atoms with Crippen molar-refractivity contribution in [3.63, 3.8) is 0 Å². The van der Waals surface area contributed by atoms with Gasteiger partial charge in [-0.25, -0.2) is 8.42 Å². The van der Waals surface area contributed by atoms with Crippen LogP contribution >= 0.6 is 0 Å². The third kappa shape index (κ3) is 7.50. The first-order valence-electron chi connectivity index (χ1n) is 13.8. The van der Waals surface area contributed by atoms with Gasteiger partial charge < -0.3 is 10.2 Å². The summed E-state index contributed by atoms with van der Waals surface area (Å²) in [6.45, 7) is 11.2. The average Bonchev–Trinajstić information content (AvgIpc) is 2.93. The Kier molecular flexibility index (Phi) is 10.5. The summed E-state index contributed by atoms with van der Waals surface area (Å²) in [6.07, 6.45) is 1.14. The van der Waals surface area contributed by atoms with Crippen LogP contribution in [0.4, 0.5) is 5.69 Å². The van der Waals surface area contributed by atoms with E-state index in [1.807, 2.05) is 77.9 Å². The molecule has 3 aromatic rings. The molecular weight excluding hydrogens is 522 g/mol. The lowest BCUT2D eigenvalue weighted by Gasteiger charge is -2.34. The molecule has 0 aliphatic heterocycles. The summed E-state index contributed by atoms with van der Waals surface area (Å²) in [5.41, 5.74) is 4.09. The highest BCUT2D eigenvalue weighted by Crippen LogP contribution is 2.28. The normalized spacial score (nSPS) is 12.8. The first-order valence-corrected chi connectivity index (χ1v) is 15.2. The molecule has 0 heterocycles. The molecule has 2 unspecified atom stereocenters. The Labute approximate surface area is 239 Å². The molecule has 0 fully saturated rings. The van der Waals surface area contributed by atoms with Gasteiger partial charge in [-0.05, 0) is 69.9 Å². The maximum absolute atomic E-state index is 14.2. The molecule has 3 rings (SSSR count). The summed E-state index contributed by atoms with van der Waals surface area (Å²) in [4.78, 5) is 29.1. The minimum Gasteiger partial charge on any atom is -0.352 e. The van der Waals surface area contributed by atoms with Gasteiger partial charge in [0.1, 0.15) is 12.6 Å². The van der Waals surface area contributed by atoms with Crippen molar-refractivity contribution in [1.82, 2.24) is 10.2 Å². The van der Waals surface area contributed by atoms with E-state index in [4.69, 9.17) is 0 Å². The summed E-state index contributed by atoms with van der Waals surface area (Å²) in [5.74, 6) is -0.701. The number of hydrogen-bond donors (Lipinski definition) is 1. The van der Waals surface area contributed by atoms with E-state index in [9.17, 15) is 18.0 Å². The maximum atomic E-state index is 14.2. The van der Waals surface area contributed by atoms with Crippen molar-refractivity contribution >= 4 is 27.5 Å². The lowest BCUT2D eigenvalue weighted by molar-refractivity contribution is -0.140. The summed E-state index contributed by atoms with van der Waals surface area (Å²) >= 11 is 0. The zero-order valence-corrected chi connectivity index (χ0v) is 25.2. The molecule has 8 heteroatoms. The van der Waals surface area contributed by atoms with Crippen molar-refractivity contribution < 1.29 is 18.0 Å². The third-order valence-corrected chi connectivity index (χ3v) is 8.87. The molecule has 214 valence electrons. The van der Waals surface area contributed by atoms with E-state index < -0.39 is 28.5 Å². The maximum Gasteiger partial charge on any atom is 0.264 e. The summed E-state index contributed by atoms with van der Waals surface area (Å²) in [5, 5.41) is 3.00. The fourth-order valence-corrected chi connectivity index (χ4v) is 6.07. The van der Waals surface area contributed by atoms with Crippen molar-refractivity contribution in [2.75, 3.05) is 10.8 Å². The number of anilines is 1. The SMILES string of the molecule is CCC(C)NC(=O)C(CC)N(Cc1ccc(C)cc1)C(=O)CN(c1ccc(C)cc1C)S(=O)(=O)c1ccccc1. The molecule has 0 aliphatic carbocycles. The first kappa shape index (κ1) is 30.9. The van der Waals surface area contributed by atoms with Gasteiger partial charge in [0.15, 0.2) is 0 Å². The van der Waals surface area contributed by atoms with E-state index >= 15 is 0 Å². The molecule has 0 bridgehead atoms. The predicted octanol–water partition coefficient (Wildman–Crippen LogP) is 5.53. The Balaban J connectivity index is 2.07. The van der Waals surface area contributed by atoms with Crippen LogP contribution in [0.3, 0.4) is 0 Å². The molecule has 0 aromatic heterocycles. The van der Waals surface area contributed by atoms with Crippen LogP contribution in [-0.4, -0.2) is 43.8 Å². The molecule has 40 heavy (non-hydrogen) atoms. The molecule has 2 amide bonds. The molecule has 0 aliphatic rings. The fourth-order valence-electron chi connectivity index (χ4n) is 4.57. The highest BCUT2D eigenvalue weighted by molar-refractivity contribution is 7.92. The van der Waals surface area contributed by atoms with Crippen LogP contribution in [0.25, 0.3) is 0 Å². The molecule has 3 aromatic carbocycles. The second-order valence-electron chi connectivity index (χ2n) is 10.4. The highest BCUT2D eigenvalue weighted by atomic mass is 32.2. The van der Waals surface area contributed by atoms with Crippen molar-refractivity contribution in [2.24, 2.45) is 0 Å². The number of aryl methyl sites for hydroxylation is 3. The molecule has 1 N–H and O–H groups in total. The van der Waals surface area contributed by atoms with E-state index in [0.29, 0.717) is 12.1 Å². The van der Waals surface area contributed by atoms with Gasteiger partial charge in [-0.1, -0.05) is 79.6 Å². The number of benzene rings is 3. The van der Waals surface area contributed by atoms with E-state index in [1.165, 1.54) is 21.3 Å². The van der Waals surface area contributed by atoms with Gasteiger partial charge in [0.05, 0.1) is 10.6 Å². The van der Waals surface area contributed by atoms with Gasteiger partial charge in [-0.2, -0.15) is 0 Å². The van der Waals surface area contributed by atoms with Gasteiger partial charge in [0.25, 0.3) is 10.0 Å². The third-order valence-electron chi connectivity index (χ3n) is 7.09. The second-order valence-corrected chi connectivity index (χ2v) is 12.2. The van der Waals surface area contributed by atoms with E-state index in [1.54, 1.807) is 24.3 Å². The van der Waals surface area contributed by atoms with Gasteiger partial charge in [-0.15, -0.1) is 0 Å². The summed E-state index contributed by atoms with van der Waals surface area (Å²) in [7, 11) is -4.09. The van der Waals surface area contributed by atoms with Gasteiger partial charge in [0.2, 0.25) is 11.8 Å². The second kappa shape index (κ2) is 13.6. The topological polar surface area (TPSA) is 86.8 Å².